The van der Waals surface area contributed by atoms with E-state index in [0.717, 1.165) is 54.6 Å². The van der Waals surface area contributed by atoms with Crippen molar-refractivity contribution in [3.8, 4) is 22.3 Å². The first kappa shape index (κ1) is 30.0. The first-order chi connectivity index (χ1) is 26.0. The predicted octanol–water partition coefficient (Wildman–Crippen LogP) is 12.3. The average Bonchev–Trinajstić information content (AvgIpc) is 3.22. The first-order valence-corrected chi connectivity index (χ1v) is 19.2. The first-order valence-electron chi connectivity index (χ1n) is 17.7. The number of fused-ring (bicyclic) bond motifs is 14. The molecule has 0 aromatic heterocycles. The minimum atomic E-state index is -3.93. The van der Waals surface area contributed by atoms with Crippen molar-refractivity contribution in [2.24, 2.45) is 0 Å². The van der Waals surface area contributed by atoms with Crippen LogP contribution in [0.3, 0.4) is 0 Å². The highest BCUT2D eigenvalue weighted by atomic mass is 32.2. The molecule has 53 heavy (non-hydrogen) atoms. The van der Waals surface area contributed by atoms with Crippen molar-refractivity contribution >= 4 is 80.3 Å². The maximum Gasteiger partial charge on any atom is 0.208 e. The van der Waals surface area contributed by atoms with E-state index < -0.39 is 9.84 Å². The summed E-state index contributed by atoms with van der Waals surface area (Å²) in [5.41, 5.74) is 3.82. The van der Waals surface area contributed by atoms with Crippen molar-refractivity contribution in [1.82, 2.24) is 0 Å². The summed E-state index contributed by atoms with van der Waals surface area (Å²) in [6, 6.07) is 56.7. The van der Waals surface area contributed by atoms with E-state index in [4.69, 9.17) is 0 Å². The molecule has 10 aromatic carbocycles. The fourth-order valence-electron chi connectivity index (χ4n) is 8.68. The van der Waals surface area contributed by atoms with Gasteiger partial charge in [0, 0.05) is 11.1 Å². The van der Waals surface area contributed by atoms with Gasteiger partial charge >= 0.3 is 0 Å². The van der Waals surface area contributed by atoms with Gasteiger partial charge < -0.3 is 0 Å². The van der Waals surface area contributed by atoms with Gasteiger partial charge in [-0.3, -0.25) is 4.79 Å². The second-order valence-electron chi connectivity index (χ2n) is 14.0. The molecule has 0 unspecified atom stereocenters. The van der Waals surface area contributed by atoms with Gasteiger partial charge in [0.05, 0.1) is 9.79 Å². The van der Waals surface area contributed by atoms with Gasteiger partial charge in [-0.15, -0.1) is 0 Å². The molecule has 0 saturated carbocycles. The maximum atomic E-state index is 14.4. The van der Waals surface area contributed by atoms with Crippen LogP contribution in [0.15, 0.2) is 180 Å². The smallest absolute Gasteiger partial charge is 0.208 e. The molecule has 248 valence electrons. The Hall–Kier alpha value is -6.62. The second kappa shape index (κ2) is 10.9. The van der Waals surface area contributed by atoms with Crippen molar-refractivity contribution in [3.05, 3.63) is 181 Å². The number of ketones is 1. The van der Waals surface area contributed by atoms with Crippen LogP contribution < -0.4 is 0 Å². The van der Waals surface area contributed by atoms with E-state index in [1.54, 1.807) is 24.3 Å². The van der Waals surface area contributed by atoms with E-state index in [0.29, 0.717) is 0 Å². The van der Waals surface area contributed by atoms with Crippen molar-refractivity contribution in [1.29, 1.82) is 0 Å². The van der Waals surface area contributed by atoms with Gasteiger partial charge in [0.1, 0.15) is 0 Å². The third kappa shape index (κ3) is 4.27. The molecule has 4 heteroatoms. The van der Waals surface area contributed by atoms with E-state index in [-0.39, 0.29) is 26.7 Å². The number of benzene rings is 10. The Kier molecular flexibility index (Phi) is 6.20. The molecule has 3 nitrogen and oxygen atoms in total. The Morgan fingerprint density at radius 2 is 0.547 bits per heavy atom. The maximum absolute atomic E-state index is 14.4. The summed E-state index contributed by atoms with van der Waals surface area (Å²) >= 11 is 0. The molecule has 11 rings (SSSR count). The van der Waals surface area contributed by atoms with Crippen LogP contribution in [0.2, 0.25) is 0 Å². The fraction of sp³-hybridized carbons (Fsp3) is 0. The minimum absolute atomic E-state index is 0.0489. The van der Waals surface area contributed by atoms with Crippen molar-refractivity contribution in [3.63, 3.8) is 0 Å². The lowest BCUT2D eigenvalue weighted by Crippen LogP contribution is -2.20. The average molecular weight is 697 g/mol. The quantitative estimate of drug-likeness (QED) is 0.169. The van der Waals surface area contributed by atoms with Crippen LogP contribution in [0.25, 0.3) is 86.9 Å². The Bertz CT molecular complexity index is 3090. The SMILES string of the molecule is O=C1c2cc(-c3ccc4c5ccccc5c5ccccc5c4c3)ccc2S(=O)(=O)c2ccc(-c3ccc4c5ccccc5c5ccccc5c4c3)cc21. The Morgan fingerprint density at radius 1 is 0.283 bits per heavy atom. The van der Waals surface area contributed by atoms with Gasteiger partial charge in [-0.25, -0.2) is 8.42 Å². The summed E-state index contributed by atoms with van der Waals surface area (Å²) in [5, 5.41) is 13.9. The molecule has 0 aliphatic carbocycles. The lowest BCUT2D eigenvalue weighted by atomic mass is 9.90. The number of hydrogen-bond donors (Lipinski definition) is 0. The Labute approximate surface area is 305 Å². The van der Waals surface area contributed by atoms with Gasteiger partial charge in [-0.1, -0.05) is 133 Å². The zero-order valence-electron chi connectivity index (χ0n) is 28.3. The van der Waals surface area contributed by atoms with Gasteiger partial charge in [-0.2, -0.15) is 0 Å². The summed E-state index contributed by atoms with van der Waals surface area (Å²) in [4.78, 5) is 14.5. The molecule has 0 saturated heterocycles. The van der Waals surface area contributed by atoms with E-state index >= 15 is 0 Å². The van der Waals surface area contributed by atoms with E-state index in [9.17, 15) is 13.2 Å². The molecule has 1 aliphatic heterocycles. The lowest BCUT2D eigenvalue weighted by molar-refractivity contribution is 0.103. The van der Waals surface area contributed by atoms with Crippen molar-refractivity contribution in [2.45, 2.75) is 9.79 Å². The molecule has 1 aliphatic rings. The zero-order valence-corrected chi connectivity index (χ0v) is 29.1. The van der Waals surface area contributed by atoms with Crippen LogP contribution in [-0.4, -0.2) is 14.2 Å². The number of hydrogen-bond acceptors (Lipinski definition) is 3. The number of sulfone groups is 1. The van der Waals surface area contributed by atoms with E-state index in [2.05, 4.69) is 133 Å². The van der Waals surface area contributed by atoms with Gasteiger partial charge in [0.15, 0.2) is 5.78 Å². The molecule has 10 aromatic rings. The van der Waals surface area contributed by atoms with E-state index in [1.165, 1.54) is 32.3 Å². The highest BCUT2D eigenvalue weighted by molar-refractivity contribution is 7.91. The summed E-state index contributed by atoms with van der Waals surface area (Å²) in [6.07, 6.45) is 0. The van der Waals surface area contributed by atoms with Crippen LogP contribution in [0, 0.1) is 0 Å². The number of carbonyl (C=O) groups excluding carboxylic acids is 1. The molecule has 0 bridgehead atoms. The van der Waals surface area contributed by atoms with Gasteiger partial charge in [0.25, 0.3) is 0 Å². The highest BCUT2D eigenvalue weighted by Gasteiger charge is 2.35. The third-order valence-corrected chi connectivity index (χ3v) is 13.1. The van der Waals surface area contributed by atoms with Crippen molar-refractivity contribution < 1.29 is 13.2 Å². The molecule has 0 fully saturated rings. The molecular formula is C49H28O3S. The minimum Gasteiger partial charge on any atom is -0.289 e. The molecule has 0 radical (unpaired) electrons. The molecular weight excluding hydrogens is 669 g/mol. The third-order valence-electron chi connectivity index (χ3n) is 11.2. The summed E-state index contributed by atoms with van der Waals surface area (Å²) in [7, 11) is -3.93. The predicted molar refractivity (Wildman–Crippen MR) is 218 cm³/mol. The topological polar surface area (TPSA) is 51.2 Å². The van der Waals surface area contributed by atoms with Crippen molar-refractivity contribution in [2.75, 3.05) is 0 Å². The van der Waals surface area contributed by atoms with Crippen LogP contribution >= 0.6 is 0 Å². The van der Waals surface area contributed by atoms with Crippen LogP contribution in [0.4, 0.5) is 0 Å². The largest absolute Gasteiger partial charge is 0.289 e. The lowest BCUT2D eigenvalue weighted by Gasteiger charge is -2.21. The highest BCUT2D eigenvalue weighted by Crippen LogP contribution is 2.42. The van der Waals surface area contributed by atoms with E-state index in [1.807, 2.05) is 12.1 Å². The monoisotopic (exact) mass is 696 g/mol. The molecule has 0 atom stereocenters. The molecule has 1 heterocycles. The standard InChI is InChI=1S/C49H28O3S/c50-49-45-27-31(29-17-21-41-37-13-3-1-9-33(37)35-11-5-7-15-39(35)43(41)25-29)19-23-47(45)53(51,52)48-24-20-32(28-46(48)49)30-18-22-42-38-14-4-2-10-34(38)36-12-6-8-16-40(36)44(42)26-30/h1-28H. The Morgan fingerprint density at radius 3 is 0.887 bits per heavy atom. The fourth-order valence-corrected chi connectivity index (χ4v) is 10.3. The number of rotatable bonds is 2. The Balaban J connectivity index is 1.05. The summed E-state index contributed by atoms with van der Waals surface area (Å²) in [5.74, 6) is -0.289. The molecule has 0 N–H and O–H groups in total. The normalized spacial score (nSPS) is 13.6. The molecule has 0 amide bonds. The summed E-state index contributed by atoms with van der Waals surface area (Å²) in [6.45, 7) is 0. The van der Waals surface area contributed by atoms with Gasteiger partial charge in [-0.05, 0) is 123 Å². The van der Waals surface area contributed by atoms with Crippen LogP contribution in [0.5, 0.6) is 0 Å². The molecule has 0 spiro atoms. The number of carbonyl (C=O) groups is 1. The van der Waals surface area contributed by atoms with Crippen LogP contribution in [0.1, 0.15) is 15.9 Å². The summed E-state index contributed by atoms with van der Waals surface area (Å²) < 4.78 is 28.2. The van der Waals surface area contributed by atoms with Gasteiger partial charge in [0.2, 0.25) is 9.84 Å². The van der Waals surface area contributed by atoms with Crippen LogP contribution in [-0.2, 0) is 9.84 Å². The zero-order chi connectivity index (χ0) is 35.4. The second-order valence-corrected chi connectivity index (χ2v) is 15.8.